The fourth-order valence-corrected chi connectivity index (χ4v) is 2.42. The van der Waals surface area contributed by atoms with Gasteiger partial charge in [-0.05, 0) is 35.5 Å². The van der Waals surface area contributed by atoms with E-state index in [0.717, 1.165) is 15.7 Å². The summed E-state index contributed by atoms with van der Waals surface area (Å²) in [5.74, 6) is 0. The fourth-order valence-electron chi connectivity index (χ4n) is 1.56. The average molecular weight is 231 g/mol. The Morgan fingerprint density at radius 1 is 1.19 bits per heavy atom. The predicted octanol–water partition coefficient (Wildman–Crippen LogP) is 3.66. The highest BCUT2D eigenvalue weighted by Gasteiger charge is 2.05. The smallest absolute Gasteiger partial charge is 0.283 e. The highest BCUT2D eigenvalue weighted by molar-refractivity contribution is 8.13. The molecular weight excluding hydrogens is 218 g/mol. The number of rotatable bonds is 2. The number of amides is 1. The van der Waals surface area contributed by atoms with Crippen LogP contribution in [-0.2, 0) is 0 Å². The van der Waals surface area contributed by atoms with E-state index in [-0.39, 0.29) is 5.24 Å². The molecule has 2 nitrogen and oxygen atoms in total. The second kappa shape index (κ2) is 5.03. The molecule has 0 aliphatic rings. The molecule has 0 fully saturated rings. The number of thioether (sulfide) groups is 1. The minimum atomic E-state index is -0.00106. The van der Waals surface area contributed by atoms with Gasteiger partial charge in [0.05, 0.1) is 0 Å². The molecule has 0 unspecified atom stereocenters. The van der Waals surface area contributed by atoms with Crippen molar-refractivity contribution < 1.29 is 4.79 Å². The van der Waals surface area contributed by atoms with E-state index in [0.29, 0.717) is 6.54 Å². The molecule has 2 rings (SSSR count). The van der Waals surface area contributed by atoms with E-state index in [2.05, 4.69) is 17.4 Å². The van der Waals surface area contributed by atoms with E-state index >= 15 is 0 Å². The molecule has 0 saturated carbocycles. The Morgan fingerprint density at radius 3 is 2.75 bits per heavy atom. The maximum Gasteiger partial charge on any atom is 0.283 e. The molecule has 0 radical (unpaired) electrons. The summed E-state index contributed by atoms with van der Waals surface area (Å²) in [6.45, 7) is 2.58. The van der Waals surface area contributed by atoms with E-state index in [4.69, 9.17) is 0 Å². The molecule has 82 valence electrons. The van der Waals surface area contributed by atoms with Gasteiger partial charge in [-0.1, -0.05) is 36.4 Å². The highest BCUT2D eigenvalue weighted by Crippen LogP contribution is 2.27. The molecule has 0 bridgehead atoms. The van der Waals surface area contributed by atoms with Crippen LogP contribution < -0.4 is 5.32 Å². The van der Waals surface area contributed by atoms with Gasteiger partial charge in [-0.2, -0.15) is 0 Å². The summed E-state index contributed by atoms with van der Waals surface area (Å²) < 4.78 is 0. The van der Waals surface area contributed by atoms with Crippen molar-refractivity contribution in [2.45, 2.75) is 11.8 Å². The zero-order chi connectivity index (χ0) is 11.4. The van der Waals surface area contributed by atoms with Crippen LogP contribution in [-0.4, -0.2) is 11.8 Å². The number of carbonyl (C=O) groups is 1. The first-order valence-electron chi connectivity index (χ1n) is 5.24. The van der Waals surface area contributed by atoms with Crippen LogP contribution >= 0.6 is 11.8 Å². The lowest BCUT2D eigenvalue weighted by Gasteiger charge is -2.05. The first-order valence-corrected chi connectivity index (χ1v) is 6.06. The number of nitrogens with one attached hydrogen (secondary N) is 1. The van der Waals surface area contributed by atoms with Crippen molar-refractivity contribution in [1.29, 1.82) is 0 Å². The van der Waals surface area contributed by atoms with Gasteiger partial charge in [0.2, 0.25) is 0 Å². The molecule has 2 aromatic rings. The van der Waals surface area contributed by atoms with E-state index < -0.39 is 0 Å². The summed E-state index contributed by atoms with van der Waals surface area (Å²) in [7, 11) is 0. The van der Waals surface area contributed by atoms with Crippen molar-refractivity contribution in [2.24, 2.45) is 0 Å². The van der Waals surface area contributed by atoms with Crippen LogP contribution in [0.4, 0.5) is 4.79 Å². The monoisotopic (exact) mass is 231 g/mol. The fraction of sp³-hybridized carbons (Fsp3) is 0.154. The van der Waals surface area contributed by atoms with E-state index in [9.17, 15) is 4.79 Å². The molecular formula is C13H13NOS. The van der Waals surface area contributed by atoms with Crippen molar-refractivity contribution in [3.05, 3.63) is 42.5 Å². The zero-order valence-corrected chi connectivity index (χ0v) is 9.88. The van der Waals surface area contributed by atoms with Gasteiger partial charge in [0.25, 0.3) is 5.24 Å². The normalized spacial score (nSPS) is 10.3. The Hall–Kier alpha value is -1.48. The van der Waals surface area contributed by atoms with Crippen molar-refractivity contribution in [3.63, 3.8) is 0 Å². The third-order valence-corrected chi connectivity index (χ3v) is 3.18. The van der Waals surface area contributed by atoms with Gasteiger partial charge in [-0.25, -0.2) is 0 Å². The molecule has 0 aromatic heterocycles. The lowest BCUT2D eigenvalue weighted by atomic mass is 10.1. The molecule has 0 aliphatic heterocycles. The van der Waals surface area contributed by atoms with Gasteiger partial charge in [-0.3, -0.25) is 4.79 Å². The van der Waals surface area contributed by atoms with Crippen LogP contribution in [0.25, 0.3) is 10.8 Å². The topological polar surface area (TPSA) is 29.1 Å². The van der Waals surface area contributed by atoms with E-state index in [1.807, 2.05) is 37.3 Å². The third-order valence-electron chi connectivity index (χ3n) is 2.27. The SMILES string of the molecule is CCNC(=O)Sc1cccc2ccccc12. The van der Waals surface area contributed by atoms with Crippen LogP contribution in [0.1, 0.15) is 6.92 Å². The molecule has 16 heavy (non-hydrogen) atoms. The number of hydrogen-bond acceptors (Lipinski definition) is 2. The molecule has 1 N–H and O–H groups in total. The minimum absolute atomic E-state index is 0.00106. The maximum absolute atomic E-state index is 11.5. The van der Waals surface area contributed by atoms with Crippen molar-refractivity contribution >= 4 is 27.8 Å². The first kappa shape index (κ1) is 11.0. The maximum atomic E-state index is 11.5. The number of benzene rings is 2. The van der Waals surface area contributed by atoms with Crippen molar-refractivity contribution in [3.8, 4) is 0 Å². The summed E-state index contributed by atoms with van der Waals surface area (Å²) in [4.78, 5) is 12.5. The number of fused-ring (bicyclic) bond motifs is 1. The Kier molecular flexibility index (Phi) is 3.47. The summed E-state index contributed by atoms with van der Waals surface area (Å²) in [6, 6.07) is 14.1. The molecule has 0 aliphatic carbocycles. The van der Waals surface area contributed by atoms with Gasteiger partial charge in [-0.15, -0.1) is 0 Å². The second-order valence-corrected chi connectivity index (χ2v) is 4.41. The zero-order valence-electron chi connectivity index (χ0n) is 9.07. The van der Waals surface area contributed by atoms with Crippen molar-refractivity contribution in [2.75, 3.05) is 6.54 Å². The molecule has 0 heterocycles. The van der Waals surface area contributed by atoms with Crippen LogP contribution in [0.3, 0.4) is 0 Å². The Labute approximate surface area is 99.0 Å². The quantitative estimate of drug-likeness (QED) is 0.799. The number of carbonyl (C=O) groups excluding carboxylic acids is 1. The molecule has 1 amide bonds. The molecule has 0 saturated heterocycles. The van der Waals surface area contributed by atoms with Crippen molar-refractivity contribution in [1.82, 2.24) is 5.32 Å². The Bertz CT molecular complexity index is 505. The van der Waals surface area contributed by atoms with Crippen LogP contribution in [0.15, 0.2) is 47.4 Å². The predicted molar refractivity (Wildman–Crippen MR) is 68.9 cm³/mol. The van der Waals surface area contributed by atoms with Crippen LogP contribution in [0.5, 0.6) is 0 Å². The highest BCUT2D eigenvalue weighted by atomic mass is 32.2. The molecule has 3 heteroatoms. The van der Waals surface area contributed by atoms with Gasteiger partial charge in [0.15, 0.2) is 0 Å². The van der Waals surface area contributed by atoms with Crippen LogP contribution in [0, 0.1) is 0 Å². The lowest BCUT2D eigenvalue weighted by Crippen LogP contribution is -2.17. The second-order valence-electron chi connectivity index (χ2n) is 3.40. The van der Waals surface area contributed by atoms with Gasteiger partial charge >= 0.3 is 0 Å². The standard InChI is InChI=1S/C13H13NOS/c1-2-14-13(15)16-12-9-5-7-10-6-3-4-8-11(10)12/h3-9H,2H2,1H3,(H,14,15). The largest absolute Gasteiger partial charge is 0.347 e. The first-order chi connectivity index (χ1) is 7.81. The van der Waals surface area contributed by atoms with E-state index in [1.165, 1.54) is 11.8 Å². The van der Waals surface area contributed by atoms with E-state index in [1.54, 1.807) is 0 Å². The molecule has 0 spiro atoms. The summed E-state index contributed by atoms with van der Waals surface area (Å²) >= 11 is 1.25. The summed E-state index contributed by atoms with van der Waals surface area (Å²) in [5, 5.41) is 5.07. The average Bonchev–Trinajstić information content (AvgIpc) is 2.30. The third kappa shape index (κ3) is 2.36. The molecule has 2 aromatic carbocycles. The summed E-state index contributed by atoms with van der Waals surface area (Å²) in [5.41, 5.74) is 0. The summed E-state index contributed by atoms with van der Waals surface area (Å²) in [6.07, 6.45) is 0. The van der Waals surface area contributed by atoms with Gasteiger partial charge < -0.3 is 5.32 Å². The van der Waals surface area contributed by atoms with Gasteiger partial charge in [0.1, 0.15) is 0 Å². The minimum Gasteiger partial charge on any atom is -0.347 e. The lowest BCUT2D eigenvalue weighted by molar-refractivity contribution is 0.261. The number of hydrogen-bond donors (Lipinski definition) is 1. The molecule has 0 atom stereocenters. The Morgan fingerprint density at radius 2 is 1.94 bits per heavy atom. The Balaban J connectivity index is 2.33. The van der Waals surface area contributed by atoms with Gasteiger partial charge in [0, 0.05) is 11.4 Å². The van der Waals surface area contributed by atoms with Crippen LogP contribution in [0.2, 0.25) is 0 Å².